The van der Waals surface area contributed by atoms with Crippen LogP contribution < -0.4 is 4.74 Å². The number of benzene rings is 1. The first kappa shape index (κ1) is 13.5. The van der Waals surface area contributed by atoms with Crippen LogP contribution in [0.5, 0.6) is 5.75 Å². The summed E-state index contributed by atoms with van der Waals surface area (Å²) in [5.74, 6) is -0.354. The van der Waals surface area contributed by atoms with Crippen LogP contribution in [0.25, 0.3) is 10.9 Å². The van der Waals surface area contributed by atoms with Gasteiger partial charge >= 0.3 is 5.97 Å². The molecule has 0 amide bonds. The molecule has 1 heterocycles. The number of carbonyl (C=O) groups is 1. The molecule has 0 fully saturated rings. The van der Waals surface area contributed by atoms with Crippen LogP contribution in [-0.4, -0.2) is 22.8 Å². The molecule has 2 rings (SSSR count). The Morgan fingerprint density at radius 1 is 1.47 bits per heavy atom. The third kappa shape index (κ3) is 2.57. The van der Waals surface area contributed by atoms with E-state index in [2.05, 4.69) is 11.5 Å². The number of fused-ring (bicyclic) bond motifs is 1. The summed E-state index contributed by atoms with van der Waals surface area (Å²) < 4.78 is 7.38. The van der Waals surface area contributed by atoms with Crippen LogP contribution in [0.3, 0.4) is 0 Å². The zero-order chi connectivity index (χ0) is 14.0. The van der Waals surface area contributed by atoms with Crippen LogP contribution in [0.2, 0.25) is 0 Å². The van der Waals surface area contributed by atoms with Crippen LogP contribution in [0.4, 0.5) is 0 Å². The van der Waals surface area contributed by atoms with Gasteiger partial charge in [0.15, 0.2) is 0 Å². The van der Waals surface area contributed by atoms with Crippen molar-refractivity contribution in [2.75, 3.05) is 7.11 Å². The summed E-state index contributed by atoms with van der Waals surface area (Å²) in [7, 11) is 1.64. The third-order valence-corrected chi connectivity index (χ3v) is 3.46. The lowest BCUT2D eigenvalue weighted by molar-refractivity contribution is -0.141. The fourth-order valence-electron chi connectivity index (χ4n) is 2.32. The van der Waals surface area contributed by atoms with Gasteiger partial charge in [-0.15, -0.1) is 0 Å². The molecule has 0 bridgehead atoms. The zero-order valence-corrected chi connectivity index (χ0v) is 11.5. The highest BCUT2D eigenvalue weighted by atomic mass is 16.5. The van der Waals surface area contributed by atoms with Gasteiger partial charge in [-0.3, -0.25) is 4.79 Å². The van der Waals surface area contributed by atoms with E-state index in [4.69, 9.17) is 9.84 Å². The standard InChI is InChI=1S/C15H19NO3/c1-4-16-9-11(7-10(2)15(17)18)13-8-12(19-3)5-6-14(13)16/h5-6,8-10H,4,7H2,1-3H3,(H,17,18). The summed E-state index contributed by atoms with van der Waals surface area (Å²) in [6.07, 6.45) is 2.58. The molecule has 1 aromatic carbocycles. The summed E-state index contributed by atoms with van der Waals surface area (Å²) in [6.45, 7) is 4.68. The topological polar surface area (TPSA) is 51.5 Å². The molecule has 0 radical (unpaired) electrons. The normalized spacial score (nSPS) is 12.6. The number of aromatic nitrogens is 1. The second-order valence-electron chi connectivity index (χ2n) is 4.77. The van der Waals surface area contributed by atoms with Gasteiger partial charge in [0.2, 0.25) is 0 Å². The number of carboxylic acid groups (broad SMARTS) is 1. The van der Waals surface area contributed by atoms with Crippen molar-refractivity contribution in [1.29, 1.82) is 0 Å². The van der Waals surface area contributed by atoms with Crippen molar-refractivity contribution in [2.45, 2.75) is 26.8 Å². The van der Waals surface area contributed by atoms with E-state index in [1.165, 1.54) is 0 Å². The zero-order valence-electron chi connectivity index (χ0n) is 11.5. The Labute approximate surface area is 112 Å². The minimum Gasteiger partial charge on any atom is -0.497 e. The number of carboxylic acids is 1. The number of nitrogens with zero attached hydrogens (tertiary/aromatic N) is 1. The molecule has 0 spiro atoms. The monoisotopic (exact) mass is 261 g/mol. The summed E-state index contributed by atoms with van der Waals surface area (Å²) >= 11 is 0. The Morgan fingerprint density at radius 2 is 2.21 bits per heavy atom. The molecular formula is C15H19NO3. The van der Waals surface area contributed by atoms with Crippen LogP contribution in [0, 0.1) is 5.92 Å². The van der Waals surface area contributed by atoms with E-state index >= 15 is 0 Å². The fraction of sp³-hybridized carbons (Fsp3) is 0.400. The molecular weight excluding hydrogens is 242 g/mol. The molecule has 1 atom stereocenters. The maximum absolute atomic E-state index is 11.0. The molecule has 0 saturated carbocycles. The van der Waals surface area contributed by atoms with Gasteiger partial charge in [0, 0.05) is 23.6 Å². The average molecular weight is 261 g/mol. The second kappa shape index (κ2) is 5.34. The number of hydrogen-bond acceptors (Lipinski definition) is 2. The molecule has 2 aromatic rings. The summed E-state index contributed by atoms with van der Waals surface area (Å²) in [5, 5.41) is 10.1. The number of rotatable bonds is 5. The van der Waals surface area contributed by atoms with Crippen LogP contribution in [-0.2, 0) is 17.8 Å². The van der Waals surface area contributed by atoms with Crippen molar-refractivity contribution in [1.82, 2.24) is 4.57 Å². The molecule has 19 heavy (non-hydrogen) atoms. The third-order valence-electron chi connectivity index (χ3n) is 3.46. The first-order chi connectivity index (χ1) is 9.06. The first-order valence-electron chi connectivity index (χ1n) is 6.45. The fourth-order valence-corrected chi connectivity index (χ4v) is 2.32. The molecule has 0 aliphatic rings. The van der Waals surface area contributed by atoms with Gasteiger partial charge in [-0.2, -0.15) is 0 Å². The van der Waals surface area contributed by atoms with Gasteiger partial charge in [0.1, 0.15) is 5.75 Å². The van der Waals surface area contributed by atoms with Crippen molar-refractivity contribution in [3.63, 3.8) is 0 Å². The lowest BCUT2D eigenvalue weighted by Gasteiger charge is -2.05. The Morgan fingerprint density at radius 3 is 2.79 bits per heavy atom. The molecule has 1 aromatic heterocycles. The molecule has 1 unspecified atom stereocenters. The van der Waals surface area contributed by atoms with Gasteiger partial charge in [-0.25, -0.2) is 0 Å². The average Bonchev–Trinajstić information content (AvgIpc) is 2.75. The molecule has 4 heteroatoms. The van der Waals surface area contributed by atoms with Gasteiger partial charge in [-0.05, 0) is 37.1 Å². The number of aryl methyl sites for hydroxylation is 1. The molecule has 0 aliphatic heterocycles. The van der Waals surface area contributed by atoms with Gasteiger partial charge in [0.25, 0.3) is 0 Å². The van der Waals surface area contributed by atoms with Gasteiger partial charge in [0.05, 0.1) is 13.0 Å². The Kier molecular flexibility index (Phi) is 3.79. The van der Waals surface area contributed by atoms with Crippen LogP contribution >= 0.6 is 0 Å². The van der Waals surface area contributed by atoms with Crippen molar-refractivity contribution in [2.24, 2.45) is 5.92 Å². The molecule has 0 aliphatic carbocycles. The molecule has 0 saturated heterocycles. The van der Waals surface area contributed by atoms with E-state index in [9.17, 15) is 4.79 Å². The predicted octanol–water partition coefficient (Wildman–Crippen LogP) is 2.93. The SMILES string of the molecule is CCn1cc(CC(C)C(=O)O)c2cc(OC)ccc21. The lowest BCUT2D eigenvalue weighted by atomic mass is 10.0. The first-order valence-corrected chi connectivity index (χ1v) is 6.45. The molecule has 1 N–H and O–H groups in total. The van der Waals surface area contributed by atoms with Gasteiger partial charge in [-0.1, -0.05) is 6.92 Å². The highest BCUT2D eigenvalue weighted by Crippen LogP contribution is 2.27. The van der Waals surface area contributed by atoms with E-state index < -0.39 is 5.97 Å². The van der Waals surface area contributed by atoms with E-state index in [0.29, 0.717) is 6.42 Å². The molecule has 102 valence electrons. The van der Waals surface area contributed by atoms with Gasteiger partial charge < -0.3 is 14.4 Å². The maximum Gasteiger partial charge on any atom is 0.306 e. The van der Waals surface area contributed by atoms with Crippen molar-refractivity contribution in [3.8, 4) is 5.75 Å². The summed E-state index contributed by atoms with van der Waals surface area (Å²) in [5.41, 5.74) is 2.18. The smallest absolute Gasteiger partial charge is 0.306 e. The number of ether oxygens (including phenoxy) is 1. The van der Waals surface area contributed by atoms with E-state index in [1.54, 1.807) is 14.0 Å². The van der Waals surface area contributed by atoms with E-state index in [0.717, 1.165) is 28.8 Å². The Balaban J connectivity index is 2.49. The largest absolute Gasteiger partial charge is 0.497 e. The van der Waals surface area contributed by atoms with Crippen molar-refractivity contribution in [3.05, 3.63) is 30.0 Å². The minimum atomic E-state index is -0.764. The summed E-state index contributed by atoms with van der Waals surface area (Å²) in [6, 6.07) is 5.93. The quantitative estimate of drug-likeness (QED) is 0.900. The van der Waals surface area contributed by atoms with Crippen molar-refractivity contribution < 1.29 is 14.6 Å². The number of methoxy groups -OCH3 is 1. The summed E-state index contributed by atoms with van der Waals surface area (Å²) in [4.78, 5) is 11.0. The van der Waals surface area contributed by atoms with E-state index in [1.807, 2.05) is 24.4 Å². The number of hydrogen-bond donors (Lipinski definition) is 1. The van der Waals surface area contributed by atoms with Crippen LogP contribution in [0.1, 0.15) is 19.4 Å². The molecule has 4 nitrogen and oxygen atoms in total. The van der Waals surface area contributed by atoms with Crippen LogP contribution in [0.15, 0.2) is 24.4 Å². The Hall–Kier alpha value is -1.97. The second-order valence-corrected chi connectivity index (χ2v) is 4.77. The van der Waals surface area contributed by atoms with Crippen molar-refractivity contribution >= 4 is 16.9 Å². The van der Waals surface area contributed by atoms with E-state index in [-0.39, 0.29) is 5.92 Å². The highest BCUT2D eigenvalue weighted by molar-refractivity contribution is 5.86. The minimum absolute atomic E-state index is 0.387. The Bertz CT molecular complexity index is 601. The maximum atomic E-state index is 11.0. The predicted molar refractivity (Wildman–Crippen MR) is 74.7 cm³/mol. The highest BCUT2D eigenvalue weighted by Gasteiger charge is 2.16. The lowest BCUT2D eigenvalue weighted by Crippen LogP contribution is -2.12. The number of aliphatic carboxylic acids is 1.